The van der Waals surface area contributed by atoms with Gasteiger partial charge < -0.3 is 4.74 Å². The van der Waals surface area contributed by atoms with Gasteiger partial charge in [-0.3, -0.25) is 9.59 Å². The second kappa shape index (κ2) is 3.96. The van der Waals surface area contributed by atoms with Gasteiger partial charge >= 0.3 is 5.97 Å². The van der Waals surface area contributed by atoms with Crippen molar-refractivity contribution in [3.8, 4) is 0 Å². The van der Waals surface area contributed by atoms with E-state index in [1.165, 1.54) is 6.92 Å². The van der Waals surface area contributed by atoms with Gasteiger partial charge in [0.15, 0.2) is 5.78 Å². The van der Waals surface area contributed by atoms with Crippen LogP contribution in [0.1, 0.15) is 47.5 Å². The fraction of sp³-hybridized carbons (Fsp3) is 0.765. The Kier molecular flexibility index (Phi) is 2.74. The van der Waals surface area contributed by atoms with Crippen LogP contribution in [0.3, 0.4) is 0 Å². The van der Waals surface area contributed by atoms with Crippen LogP contribution in [0.25, 0.3) is 0 Å². The Balaban J connectivity index is 2.19. The molecule has 0 N–H and O–H groups in total. The Morgan fingerprint density at radius 2 is 2.00 bits per heavy atom. The van der Waals surface area contributed by atoms with Crippen molar-refractivity contribution in [1.29, 1.82) is 0 Å². The Morgan fingerprint density at radius 1 is 1.35 bits per heavy atom. The minimum Gasteiger partial charge on any atom is -0.457 e. The number of hydrogen-bond acceptors (Lipinski definition) is 3. The normalized spacial score (nSPS) is 45.0. The first-order chi connectivity index (χ1) is 9.23. The number of esters is 1. The topological polar surface area (TPSA) is 43.4 Å². The van der Waals surface area contributed by atoms with Crippen LogP contribution in [-0.2, 0) is 14.3 Å². The van der Waals surface area contributed by atoms with Crippen molar-refractivity contribution in [3.05, 3.63) is 11.6 Å². The molecule has 2 saturated carbocycles. The van der Waals surface area contributed by atoms with Gasteiger partial charge in [-0.1, -0.05) is 26.3 Å². The number of fused-ring (bicyclic) bond motifs is 1. The van der Waals surface area contributed by atoms with E-state index in [-0.39, 0.29) is 29.3 Å². The van der Waals surface area contributed by atoms with Gasteiger partial charge in [0, 0.05) is 12.8 Å². The quantitative estimate of drug-likeness (QED) is 0.546. The molecule has 3 heteroatoms. The molecule has 110 valence electrons. The third kappa shape index (κ3) is 1.36. The molecule has 3 nitrogen and oxygen atoms in total. The lowest BCUT2D eigenvalue weighted by Gasteiger charge is -2.40. The summed E-state index contributed by atoms with van der Waals surface area (Å²) in [7, 11) is 0. The Bertz CT molecular complexity index is 516. The lowest BCUT2D eigenvalue weighted by Crippen LogP contribution is -2.49. The predicted octanol–water partition coefficient (Wildman–Crippen LogP) is 3.14. The molecule has 2 bridgehead atoms. The molecule has 0 saturated heterocycles. The van der Waals surface area contributed by atoms with Crippen LogP contribution in [0, 0.1) is 28.6 Å². The average molecular weight is 276 g/mol. The van der Waals surface area contributed by atoms with E-state index in [1.807, 2.05) is 6.92 Å². The zero-order chi connectivity index (χ0) is 14.9. The molecule has 0 aromatic carbocycles. The van der Waals surface area contributed by atoms with Crippen molar-refractivity contribution in [2.75, 3.05) is 0 Å². The molecular weight excluding hydrogens is 252 g/mol. The van der Waals surface area contributed by atoms with E-state index in [2.05, 4.69) is 26.8 Å². The summed E-state index contributed by atoms with van der Waals surface area (Å²) in [5.41, 5.74) is 0.579. The van der Waals surface area contributed by atoms with Gasteiger partial charge in [0.05, 0.1) is 5.41 Å². The van der Waals surface area contributed by atoms with Crippen molar-refractivity contribution in [3.63, 3.8) is 0 Å². The Hall–Kier alpha value is -1.12. The molecule has 1 spiro atoms. The van der Waals surface area contributed by atoms with Crippen LogP contribution in [-0.4, -0.2) is 17.9 Å². The summed E-state index contributed by atoms with van der Waals surface area (Å²) >= 11 is 0. The molecule has 0 aliphatic heterocycles. The number of carbonyl (C=O) groups is 2. The molecule has 0 heterocycles. The third-order valence-corrected chi connectivity index (χ3v) is 6.24. The fourth-order valence-electron chi connectivity index (χ4n) is 5.62. The summed E-state index contributed by atoms with van der Waals surface area (Å²) in [5.74, 6) is 0.645. The monoisotopic (exact) mass is 276 g/mol. The highest BCUT2D eigenvalue weighted by molar-refractivity contribution is 5.96. The number of ketones is 1. The van der Waals surface area contributed by atoms with Gasteiger partial charge in [-0.2, -0.15) is 0 Å². The highest BCUT2D eigenvalue weighted by atomic mass is 16.5. The van der Waals surface area contributed by atoms with Crippen molar-refractivity contribution in [1.82, 2.24) is 0 Å². The van der Waals surface area contributed by atoms with E-state index in [0.717, 1.165) is 18.4 Å². The van der Waals surface area contributed by atoms with Crippen LogP contribution in [0.15, 0.2) is 11.6 Å². The van der Waals surface area contributed by atoms with E-state index in [0.29, 0.717) is 11.7 Å². The smallest absolute Gasteiger partial charge is 0.303 e. The largest absolute Gasteiger partial charge is 0.457 e. The first kappa shape index (κ1) is 13.8. The minimum atomic E-state index is -0.473. The van der Waals surface area contributed by atoms with E-state index in [4.69, 9.17) is 4.74 Å². The Labute approximate surface area is 120 Å². The van der Waals surface area contributed by atoms with Crippen LogP contribution in [0.4, 0.5) is 0 Å². The molecule has 3 rings (SSSR count). The number of carbonyl (C=O) groups excluding carboxylic acids is 2. The molecule has 3 aliphatic carbocycles. The summed E-state index contributed by atoms with van der Waals surface area (Å²) in [4.78, 5) is 24.7. The lowest BCUT2D eigenvalue weighted by atomic mass is 9.65. The lowest BCUT2D eigenvalue weighted by molar-refractivity contribution is -0.158. The van der Waals surface area contributed by atoms with Crippen molar-refractivity contribution in [2.45, 2.75) is 53.6 Å². The first-order valence-electron chi connectivity index (χ1n) is 7.63. The van der Waals surface area contributed by atoms with E-state index < -0.39 is 5.41 Å². The Morgan fingerprint density at radius 3 is 2.60 bits per heavy atom. The van der Waals surface area contributed by atoms with Crippen molar-refractivity contribution in [2.24, 2.45) is 28.6 Å². The molecule has 0 aromatic rings. The highest BCUT2D eigenvalue weighted by Crippen LogP contribution is 2.69. The maximum absolute atomic E-state index is 13.2. The second-order valence-corrected chi connectivity index (χ2v) is 7.52. The third-order valence-electron chi connectivity index (χ3n) is 6.24. The number of Topliss-reactive ketones (excluding diaryl/α,β-unsaturated/α-hetero) is 1. The maximum atomic E-state index is 13.2. The van der Waals surface area contributed by atoms with Gasteiger partial charge in [0.25, 0.3) is 0 Å². The minimum absolute atomic E-state index is 0.00191. The SMILES string of the molecule is CC(=O)O[C@H]1C=C(C)[C@@H]2C(=O)[C@]13[C@H](C)CC[C@H]3C2(C)C. The van der Waals surface area contributed by atoms with E-state index >= 15 is 0 Å². The molecule has 2 fully saturated rings. The number of ether oxygens (including phenoxy) is 1. The summed E-state index contributed by atoms with van der Waals surface area (Å²) in [6.45, 7) is 10.0. The molecule has 3 aliphatic rings. The standard InChI is InChI=1S/C17H24O3/c1-9-8-13(20-11(3)18)17-10(2)6-7-12(17)16(4,5)14(9)15(17)19/h8,10,12-14H,6-7H2,1-5H3/t10-,12+,13+,14-,17+/m1/s1. The number of allylic oxidation sites excluding steroid dienone is 1. The molecular formula is C17H24O3. The van der Waals surface area contributed by atoms with Gasteiger partial charge in [0.1, 0.15) is 6.10 Å². The van der Waals surface area contributed by atoms with Gasteiger partial charge in [0.2, 0.25) is 0 Å². The number of rotatable bonds is 1. The average Bonchev–Trinajstić information content (AvgIpc) is 2.70. The molecule has 5 atom stereocenters. The fourth-order valence-corrected chi connectivity index (χ4v) is 5.62. The maximum Gasteiger partial charge on any atom is 0.303 e. The second-order valence-electron chi connectivity index (χ2n) is 7.52. The number of hydrogen-bond donors (Lipinski definition) is 0. The van der Waals surface area contributed by atoms with Gasteiger partial charge in [-0.05, 0) is 43.1 Å². The van der Waals surface area contributed by atoms with Crippen molar-refractivity contribution < 1.29 is 14.3 Å². The zero-order valence-electron chi connectivity index (χ0n) is 13.0. The van der Waals surface area contributed by atoms with E-state index in [1.54, 1.807) is 0 Å². The zero-order valence-corrected chi connectivity index (χ0v) is 13.0. The summed E-state index contributed by atoms with van der Waals surface area (Å²) in [6.07, 6.45) is 3.80. The molecule has 0 amide bonds. The van der Waals surface area contributed by atoms with Gasteiger partial charge in [-0.15, -0.1) is 0 Å². The van der Waals surface area contributed by atoms with Gasteiger partial charge in [-0.25, -0.2) is 0 Å². The van der Waals surface area contributed by atoms with Crippen LogP contribution in [0.2, 0.25) is 0 Å². The van der Waals surface area contributed by atoms with Crippen LogP contribution >= 0.6 is 0 Å². The first-order valence-corrected chi connectivity index (χ1v) is 7.63. The highest BCUT2D eigenvalue weighted by Gasteiger charge is 2.72. The van der Waals surface area contributed by atoms with Crippen LogP contribution < -0.4 is 0 Å². The van der Waals surface area contributed by atoms with E-state index in [9.17, 15) is 9.59 Å². The van der Waals surface area contributed by atoms with Crippen molar-refractivity contribution >= 4 is 11.8 Å². The molecule has 0 radical (unpaired) electrons. The molecule has 0 unspecified atom stereocenters. The molecule has 0 aromatic heterocycles. The predicted molar refractivity (Wildman–Crippen MR) is 75.9 cm³/mol. The molecule has 20 heavy (non-hydrogen) atoms. The summed E-state index contributed by atoms with van der Waals surface area (Å²) in [6, 6.07) is 0. The van der Waals surface area contributed by atoms with Crippen LogP contribution in [0.5, 0.6) is 0 Å². The summed E-state index contributed by atoms with van der Waals surface area (Å²) in [5, 5.41) is 0. The summed E-state index contributed by atoms with van der Waals surface area (Å²) < 4.78 is 5.59.